The van der Waals surface area contributed by atoms with E-state index in [-0.39, 0.29) is 4.32 Å². The summed E-state index contributed by atoms with van der Waals surface area (Å²) < 4.78 is -0.167. The predicted molar refractivity (Wildman–Crippen MR) is 84.5 cm³/mol. The van der Waals surface area contributed by atoms with Crippen LogP contribution >= 0.6 is 15.9 Å². The fraction of sp³-hybridized carbons (Fsp3) is 0.111. The third-order valence-corrected chi connectivity index (χ3v) is 4.48. The van der Waals surface area contributed by atoms with Crippen LogP contribution < -0.4 is 0 Å². The molecule has 0 aromatic heterocycles. The van der Waals surface area contributed by atoms with Crippen LogP contribution in [0.15, 0.2) is 85.0 Å². The number of rotatable bonds is 2. The number of halogens is 1. The lowest BCUT2D eigenvalue weighted by atomic mass is 9.87. The molecule has 2 aromatic carbocycles. The van der Waals surface area contributed by atoms with Crippen LogP contribution in [0.1, 0.15) is 17.0 Å². The lowest BCUT2D eigenvalue weighted by molar-refractivity contribution is 0.928. The summed E-state index contributed by atoms with van der Waals surface area (Å²) in [6, 6.07) is 21.0. The van der Waals surface area contributed by atoms with E-state index >= 15 is 0 Å². The van der Waals surface area contributed by atoms with Gasteiger partial charge in [0, 0.05) is 5.92 Å². The van der Waals surface area contributed by atoms with Crippen molar-refractivity contribution in [1.29, 1.82) is 0 Å². The first-order valence-electron chi connectivity index (χ1n) is 6.46. The highest BCUT2D eigenvalue weighted by Crippen LogP contribution is 2.39. The van der Waals surface area contributed by atoms with E-state index in [9.17, 15) is 0 Å². The normalized spacial score (nSPS) is 25.4. The molecule has 0 saturated carbocycles. The highest BCUT2D eigenvalue weighted by atomic mass is 79.9. The van der Waals surface area contributed by atoms with Gasteiger partial charge in [0.1, 0.15) is 0 Å². The van der Waals surface area contributed by atoms with Crippen LogP contribution in [-0.2, 0) is 4.32 Å². The molecule has 0 bridgehead atoms. The Morgan fingerprint density at radius 3 is 1.84 bits per heavy atom. The summed E-state index contributed by atoms with van der Waals surface area (Å²) in [6.45, 7) is 0. The van der Waals surface area contributed by atoms with Crippen molar-refractivity contribution < 1.29 is 0 Å². The first kappa shape index (κ1) is 12.4. The van der Waals surface area contributed by atoms with Crippen molar-refractivity contribution in [2.45, 2.75) is 10.2 Å². The maximum atomic E-state index is 3.83. The van der Waals surface area contributed by atoms with Crippen molar-refractivity contribution in [3.05, 3.63) is 96.1 Å². The monoisotopic (exact) mass is 310 g/mol. The average Bonchev–Trinajstić information content (AvgIpc) is 2.50. The van der Waals surface area contributed by atoms with Crippen LogP contribution in [0.2, 0.25) is 0 Å². The summed E-state index contributed by atoms with van der Waals surface area (Å²) in [4.78, 5) is 0. The maximum absolute atomic E-state index is 3.83. The van der Waals surface area contributed by atoms with Crippen molar-refractivity contribution in [2.24, 2.45) is 0 Å². The van der Waals surface area contributed by atoms with E-state index in [1.807, 2.05) is 6.07 Å². The Hall–Kier alpha value is -1.60. The van der Waals surface area contributed by atoms with Crippen LogP contribution in [0, 0.1) is 0 Å². The molecule has 0 atom stereocenters. The minimum Gasteiger partial charge on any atom is -0.0752 e. The topological polar surface area (TPSA) is 0 Å². The van der Waals surface area contributed by atoms with E-state index in [0.717, 1.165) is 0 Å². The summed E-state index contributed by atoms with van der Waals surface area (Å²) in [7, 11) is 0. The lowest BCUT2D eigenvalue weighted by Gasteiger charge is -2.25. The zero-order valence-corrected chi connectivity index (χ0v) is 12.1. The molecule has 1 aliphatic rings. The fourth-order valence-corrected chi connectivity index (χ4v) is 2.96. The van der Waals surface area contributed by atoms with Gasteiger partial charge >= 0.3 is 0 Å². The minimum absolute atomic E-state index is 0.167. The lowest BCUT2D eigenvalue weighted by Crippen LogP contribution is -2.15. The maximum Gasteiger partial charge on any atom is 0.0866 e. The van der Waals surface area contributed by atoms with Crippen molar-refractivity contribution in [1.82, 2.24) is 0 Å². The van der Waals surface area contributed by atoms with Gasteiger partial charge in [0.15, 0.2) is 0 Å². The second kappa shape index (κ2) is 5.18. The number of allylic oxidation sites excluding steroid dienone is 4. The molecular weight excluding hydrogens is 296 g/mol. The van der Waals surface area contributed by atoms with Crippen molar-refractivity contribution >= 4 is 15.9 Å². The third kappa shape index (κ3) is 2.57. The standard InChI is InChI=1S/C18H15Br/c19-18(17-9-5-2-6-10-17)13-11-16(12-14-18)15-7-3-1-4-8-15/h1-14,16H. The molecule has 0 nitrogen and oxygen atoms in total. The molecule has 0 fully saturated rings. The van der Waals surface area contributed by atoms with Crippen molar-refractivity contribution in [3.8, 4) is 0 Å². The Balaban J connectivity index is 1.87. The highest BCUT2D eigenvalue weighted by Gasteiger charge is 2.25. The fourth-order valence-electron chi connectivity index (χ4n) is 2.39. The summed E-state index contributed by atoms with van der Waals surface area (Å²) >= 11 is 3.83. The van der Waals surface area contributed by atoms with Gasteiger partial charge in [-0.3, -0.25) is 0 Å². The summed E-state index contributed by atoms with van der Waals surface area (Å²) in [5.41, 5.74) is 2.59. The molecule has 1 heteroatoms. The second-order valence-electron chi connectivity index (χ2n) is 4.79. The Labute approximate surface area is 122 Å². The minimum atomic E-state index is -0.167. The van der Waals surface area contributed by atoms with Gasteiger partial charge in [0.2, 0.25) is 0 Å². The Morgan fingerprint density at radius 1 is 0.737 bits per heavy atom. The van der Waals surface area contributed by atoms with E-state index < -0.39 is 0 Å². The quantitative estimate of drug-likeness (QED) is 0.529. The van der Waals surface area contributed by atoms with Crippen molar-refractivity contribution in [3.63, 3.8) is 0 Å². The Kier molecular flexibility index (Phi) is 3.39. The molecule has 0 heterocycles. The van der Waals surface area contributed by atoms with Crippen LogP contribution in [0.5, 0.6) is 0 Å². The molecule has 1 aliphatic carbocycles. The van der Waals surface area contributed by atoms with Gasteiger partial charge in [0.05, 0.1) is 4.32 Å². The number of hydrogen-bond acceptors (Lipinski definition) is 0. The molecular formula is C18H15Br. The largest absolute Gasteiger partial charge is 0.0866 e. The molecule has 0 N–H and O–H groups in total. The first-order valence-corrected chi connectivity index (χ1v) is 7.25. The van der Waals surface area contributed by atoms with E-state index in [1.54, 1.807) is 0 Å². The summed E-state index contributed by atoms with van der Waals surface area (Å²) in [6.07, 6.45) is 8.99. The van der Waals surface area contributed by atoms with Crippen LogP contribution in [0.25, 0.3) is 0 Å². The highest BCUT2D eigenvalue weighted by molar-refractivity contribution is 9.09. The molecule has 94 valence electrons. The van der Waals surface area contributed by atoms with E-state index in [0.29, 0.717) is 5.92 Å². The predicted octanol–water partition coefficient (Wildman–Crippen LogP) is 5.19. The van der Waals surface area contributed by atoms with Gasteiger partial charge in [0.25, 0.3) is 0 Å². The number of benzene rings is 2. The zero-order chi connectivity index (χ0) is 13.1. The molecule has 2 aromatic rings. The van der Waals surface area contributed by atoms with Crippen LogP contribution in [-0.4, -0.2) is 0 Å². The van der Waals surface area contributed by atoms with Gasteiger partial charge in [-0.05, 0) is 11.1 Å². The van der Waals surface area contributed by atoms with Crippen LogP contribution in [0.4, 0.5) is 0 Å². The Bertz CT molecular complexity index is 582. The smallest absolute Gasteiger partial charge is 0.0752 e. The first-order chi connectivity index (χ1) is 9.28. The van der Waals surface area contributed by atoms with Gasteiger partial charge in [-0.2, -0.15) is 0 Å². The molecule has 0 aliphatic heterocycles. The molecule has 0 unspecified atom stereocenters. The molecule has 0 amide bonds. The molecule has 0 spiro atoms. The van der Waals surface area contributed by atoms with Crippen molar-refractivity contribution in [2.75, 3.05) is 0 Å². The zero-order valence-electron chi connectivity index (χ0n) is 10.5. The molecule has 19 heavy (non-hydrogen) atoms. The van der Waals surface area contributed by atoms with Gasteiger partial charge in [-0.25, -0.2) is 0 Å². The SMILES string of the molecule is BrC1(c2ccccc2)C=CC(c2ccccc2)C=C1. The average molecular weight is 311 g/mol. The molecule has 0 saturated heterocycles. The molecule has 3 rings (SSSR count). The van der Waals surface area contributed by atoms with Gasteiger partial charge in [-0.15, -0.1) is 0 Å². The Morgan fingerprint density at radius 2 is 1.26 bits per heavy atom. The molecule has 0 radical (unpaired) electrons. The van der Waals surface area contributed by atoms with E-state index in [2.05, 4.69) is 94.8 Å². The third-order valence-electron chi connectivity index (χ3n) is 3.49. The number of alkyl halides is 1. The second-order valence-corrected chi connectivity index (χ2v) is 6.10. The van der Waals surface area contributed by atoms with E-state index in [4.69, 9.17) is 0 Å². The van der Waals surface area contributed by atoms with Gasteiger partial charge in [-0.1, -0.05) is 101 Å². The summed E-state index contributed by atoms with van der Waals surface area (Å²) in [5.74, 6) is 0.371. The summed E-state index contributed by atoms with van der Waals surface area (Å²) in [5, 5.41) is 0. The van der Waals surface area contributed by atoms with Gasteiger partial charge < -0.3 is 0 Å². The number of hydrogen-bond donors (Lipinski definition) is 0. The van der Waals surface area contributed by atoms with Crippen LogP contribution in [0.3, 0.4) is 0 Å². The van der Waals surface area contributed by atoms with E-state index in [1.165, 1.54) is 11.1 Å².